The van der Waals surface area contributed by atoms with Gasteiger partial charge in [-0.25, -0.2) is 9.78 Å². The lowest BCUT2D eigenvalue weighted by atomic mass is 10.0. The number of benzene rings is 2. The van der Waals surface area contributed by atoms with Gasteiger partial charge < -0.3 is 19.1 Å². The number of imidazole rings is 1. The van der Waals surface area contributed by atoms with Crippen LogP contribution >= 0.6 is 11.6 Å². The van der Waals surface area contributed by atoms with Crippen LogP contribution < -0.4 is 9.47 Å². The molecule has 1 aromatic heterocycles. The van der Waals surface area contributed by atoms with E-state index in [4.69, 9.17) is 21.1 Å². The van der Waals surface area contributed by atoms with Gasteiger partial charge >= 0.3 is 5.97 Å². The smallest absolute Gasteiger partial charge is 0.331 e. The average Bonchev–Trinajstić information content (AvgIpc) is 3.40. The molecule has 0 radical (unpaired) electrons. The van der Waals surface area contributed by atoms with Gasteiger partial charge in [-0.15, -0.1) is 0 Å². The van der Waals surface area contributed by atoms with Gasteiger partial charge in [-0.05, 0) is 41.8 Å². The van der Waals surface area contributed by atoms with Crippen molar-refractivity contribution in [3.8, 4) is 11.5 Å². The van der Waals surface area contributed by atoms with E-state index >= 15 is 0 Å². The van der Waals surface area contributed by atoms with E-state index in [0.717, 1.165) is 41.9 Å². The van der Waals surface area contributed by atoms with Crippen LogP contribution in [0.4, 0.5) is 0 Å². The fraction of sp³-hybridized carbons (Fsp3) is 0.280. The molecule has 2 aromatic carbocycles. The molecule has 2 heterocycles. The molecule has 1 aliphatic heterocycles. The first-order chi connectivity index (χ1) is 15.5. The van der Waals surface area contributed by atoms with Crippen LogP contribution in [0, 0.1) is 0 Å². The highest BCUT2D eigenvalue weighted by molar-refractivity contribution is 6.31. The minimum absolute atomic E-state index is 0.183. The van der Waals surface area contributed by atoms with Crippen molar-refractivity contribution in [2.75, 3.05) is 6.79 Å². The fourth-order valence-electron chi connectivity index (χ4n) is 3.70. The monoisotopic (exact) mass is 452 g/mol. The molecule has 6 nitrogen and oxygen atoms in total. The third-order valence-corrected chi connectivity index (χ3v) is 5.81. The van der Waals surface area contributed by atoms with Crippen LogP contribution in [0.15, 0.2) is 54.2 Å². The Morgan fingerprint density at radius 3 is 2.81 bits per heavy atom. The summed E-state index contributed by atoms with van der Waals surface area (Å²) < 4.78 is 12.8. The van der Waals surface area contributed by atoms with Gasteiger partial charge in [0.15, 0.2) is 11.5 Å². The van der Waals surface area contributed by atoms with Crippen LogP contribution in [0.25, 0.3) is 6.08 Å². The minimum atomic E-state index is -0.969. The van der Waals surface area contributed by atoms with Gasteiger partial charge in [-0.3, -0.25) is 0 Å². The van der Waals surface area contributed by atoms with Crippen molar-refractivity contribution in [2.24, 2.45) is 0 Å². The number of hydrogen-bond acceptors (Lipinski definition) is 4. The summed E-state index contributed by atoms with van der Waals surface area (Å²) in [5, 5.41) is 10.6. The quantitative estimate of drug-likeness (QED) is 0.442. The summed E-state index contributed by atoms with van der Waals surface area (Å²) in [6.45, 7) is 2.85. The average molecular weight is 453 g/mol. The Balaban J connectivity index is 1.67. The molecule has 32 heavy (non-hydrogen) atoms. The number of aromatic nitrogens is 2. The van der Waals surface area contributed by atoms with Crippen LogP contribution in [0.5, 0.6) is 11.5 Å². The molecule has 1 aliphatic rings. The lowest BCUT2D eigenvalue weighted by molar-refractivity contribution is -0.132. The maximum atomic E-state index is 12.1. The number of aliphatic carboxylic acids is 1. The van der Waals surface area contributed by atoms with Crippen molar-refractivity contribution in [1.82, 2.24) is 9.55 Å². The van der Waals surface area contributed by atoms with E-state index in [9.17, 15) is 9.90 Å². The lowest BCUT2D eigenvalue weighted by Crippen LogP contribution is -2.09. The Bertz CT molecular complexity index is 1150. The molecule has 1 N–H and O–H groups in total. The SMILES string of the molecule is CCCCc1ncc(/C=C(\Cc2ccc3c(c2)OCO3)C(=O)O)n1Cc1ccccc1Cl. The summed E-state index contributed by atoms with van der Waals surface area (Å²) >= 11 is 6.39. The predicted molar refractivity (Wildman–Crippen MR) is 123 cm³/mol. The number of unbranched alkanes of at least 4 members (excludes halogenated alkanes) is 1. The molecule has 7 heteroatoms. The third-order valence-electron chi connectivity index (χ3n) is 5.44. The first-order valence-corrected chi connectivity index (χ1v) is 11.0. The van der Waals surface area contributed by atoms with E-state index in [-0.39, 0.29) is 18.8 Å². The minimum Gasteiger partial charge on any atom is -0.478 e. The van der Waals surface area contributed by atoms with E-state index in [1.165, 1.54) is 0 Å². The normalized spacial score (nSPS) is 12.9. The van der Waals surface area contributed by atoms with Gasteiger partial charge in [0.25, 0.3) is 0 Å². The molecule has 4 rings (SSSR count). The Hall–Kier alpha value is -3.25. The van der Waals surface area contributed by atoms with Gasteiger partial charge in [0.2, 0.25) is 6.79 Å². The maximum Gasteiger partial charge on any atom is 0.331 e. The Kier molecular flexibility index (Phi) is 6.81. The van der Waals surface area contributed by atoms with Gasteiger partial charge in [-0.1, -0.05) is 49.2 Å². The first kappa shape index (κ1) is 22.0. The largest absolute Gasteiger partial charge is 0.478 e. The zero-order valence-corrected chi connectivity index (χ0v) is 18.6. The second kappa shape index (κ2) is 9.92. The molecular formula is C25H25ClN2O4. The molecule has 0 saturated heterocycles. The molecule has 0 fully saturated rings. The number of hydrogen-bond donors (Lipinski definition) is 1. The van der Waals surface area contributed by atoms with E-state index < -0.39 is 5.97 Å². The van der Waals surface area contributed by atoms with Crippen molar-refractivity contribution in [3.63, 3.8) is 0 Å². The number of halogens is 1. The number of ether oxygens (including phenoxy) is 2. The van der Waals surface area contributed by atoms with Crippen LogP contribution in [-0.2, 0) is 24.2 Å². The van der Waals surface area contributed by atoms with Gasteiger partial charge in [0, 0.05) is 23.4 Å². The highest BCUT2D eigenvalue weighted by atomic mass is 35.5. The number of rotatable bonds is 9. The molecule has 0 atom stereocenters. The number of carboxylic acids is 1. The van der Waals surface area contributed by atoms with E-state index in [2.05, 4.69) is 16.5 Å². The van der Waals surface area contributed by atoms with E-state index in [1.54, 1.807) is 12.3 Å². The second-order valence-corrected chi connectivity index (χ2v) is 8.13. The maximum absolute atomic E-state index is 12.1. The lowest BCUT2D eigenvalue weighted by Gasteiger charge is -2.12. The fourth-order valence-corrected chi connectivity index (χ4v) is 3.89. The van der Waals surface area contributed by atoms with E-state index in [0.29, 0.717) is 23.1 Å². The Labute approximate surface area is 192 Å². The molecule has 166 valence electrons. The predicted octanol–water partition coefficient (Wildman–Crippen LogP) is 5.37. The van der Waals surface area contributed by atoms with Crippen molar-refractivity contribution in [3.05, 3.63) is 81.9 Å². The van der Waals surface area contributed by atoms with Crippen LogP contribution in [-0.4, -0.2) is 27.4 Å². The van der Waals surface area contributed by atoms with E-state index in [1.807, 2.05) is 42.5 Å². The molecule has 0 amide bonds. The summed E-state index contributed by atoms with van der Waals surface area (Å²) in [6.07, 6.45) is 6.57. The molecule has 0 saturated carbocycles. The van der Waals surface area contributed by atoms with Crippen LogP contribution in [0.1, 0.15) is 42.4 Å². The summed E-state index contributed by atoms with van der Waals surface area (Å²) in [6, 6.07) is 13.2. The number of fused-ring (bicyclic) bond motifs is 1. The van der Waals surface area contributed by atoms with Crippen LogP contribution in [0.2, 0.25) is 5.02 Å². The molecule has 0 aliphatic carbocycles. The highest BCUT2D eigenvalue weighted by Crippen LogP contribution is 2.33. The molecule has 3 aromatic rings. The highest BCUT2D eigenvalue weighted by Gasteiger charge is 2.17. The number of nitrogens with zero attached hydrogens (tertiary/aromatic N) is 2. The van der Waals surface area contributed by atoms with Crippen molar-refractivity contribution < 1.29 is 19.4 Å². The zero-order valence-electron chi connectivity index (χ0n) is 17.9. The van der Waals surface area contributed by atoms with Crippen molar-refractivity contribution >= 4 is 23.6 Å². The number of aryl methyl sites for hydroxylation is 1. The summed E-state index contributed by atoms with van der Waals surface area (Å²) in [7, 11) is 0. The zero-order chi connectivity index (χ0) is 22.5. The van der Waals surface area contributed by atoms with Gasteiger partial charge in [0.05, 0.1) is 18.4 Å². The van der Waals surface area contributed by atoms with Gasteiger partial charge in [-0.2, -0.15) is 0 Å². The molecule has 0 unspecified atom stereocenters. The second-order valence-electron chi connectivity index (χ2n) is 7.72. The molecule has 0 bridgehead atoms. The van der Waals surface area contributed by atoms with Gasteiger partial charge in [0.1, 0.15) is 5.82 Å². The number of carboxylic acid groups (broad SMARTS) is 1. The topological polar surface area (TPSA) is 73.6 Å². The van der Waals surface area contributed by atoms with Crippen molar-refractivity contribution in [1.29, 1.82) is 0 Å². The first-order valence-electron chi connectivity index (χ1n) is 10.7. The summed E-state index contributed by atoms with van der Waals surface area (Å²) in [5.74, 6) is 1.26. The number of carbonyl (C=O) groups is 1. The molecule has 0 spiro atoms. The Morgan fingerprint density at radius 1 is 1.22 bits per heavy atom. The third kappa shape index (κ3) is 4.97. The van der Waals surface area contributed by atoms with Crippen LogP contribution in [0.3, 0.4) is 0 Å². The summed E-state index contributed by atoms with van der Waals surface area (Å²) in [5.41, 5.74) is 2.82. The van der Waals surface area contributed by atoms with Crippen molar-refractivity contribution in [2.45, 2.75) is 39.2 Å². The summed E-state index contributed by atoms with van der Waals surface area (Å²) in [4.78, 5) is 16.7. The standard InChI is InChI=1S/C25H25ClN2O4/c1-2-3-8-24-27-14-20(28(24)15-18-6-4-5-7-21(18)26)13-19(25(29)30)11-17-9-10-22-23(12-17)32-16-31-22/h4-7,9-10,12-14H,2-3,8,11,15-16H2,1H3,(H,29,30)/b19-13+. The Morgan fingerprint density at radius 2 is 2.03 bits per heavy atom. The molecular weight excluding hydrogens is 428 g/mol.